The molecule has 5 heteroatoms. The molecule has 0 aliphatic carbocycles. The lowest BCUT2D eigenvalue weighted by Gasteiger charge is -2.00. The molecule has 0 unspecified atom stereocenters. The molecule has 0 atom stereocenters. The first kappa shape index (κ1) is 9.92. The van der Waals surface area contributed by atoms with E-state index in [-0.39, 0.29) is 6.42 Å². The molecule has 78 valence electrons. The highest BCUT2D eigenvalue weighted by Crippen LogP contribution is 2.13. The lowest BCUT2D eigenvalue weighted by atomic mass is 10.3. The van der Waals surface area contributed by atoms with Crippen LogP contribution < -0.4 is 0 Å². The Hall–Kier alpha value is -1.62. The number of carboxylic acids is 1. The number of aromatic nitrogens is 2. The maximum absolute atomic E-state index is 10.5. The third-order valence-electron chi connectivity index (χ3n) is 2.23. The molecule has 1 heterocycles. The molecule has 2 N–H and O–H groups in total. The van der Waals surface area contributed by atoms with Crippen molar-refractivity contribution < 1.29 is 9.90 Å². The highest BCUT2D eigenvalue weighted by atomic mass is 32.1. The quantitative estimate of drug-likeness (QED) is 0.782. The van der Waals surface area contributed by atoms with Crippen molar-refractivity contribution in [1.82, 2.24) is 9.55 Å². The van der Waals surface area contributed by atoms with Gasteiger partial charge in [-0.2, -0.15) is 0 Å². The second-order valence-corrected chi connectivity index (χ2v) is 3.63. The van der Waals surface area contributed by atoms with E-state index in [1.165, 1.54) is 0 Å². The number of imidazole rings is 1. The maximum atomic E-state index is 10.5. The van der Waals surface area contributed by atoms with Crippen molar-refractivity contribution in [2.24, 2.45) is 0 Å². The Labute approximate surface area is 91.2 Å². The molecule has 0 saturated carbocycles. The normalized spacial score (nSPS) is 10.7. The number of aliphatic carboxylic acids is 1. The van der Waals surface area contributed by atoms with Gasteiger partial charge in [-0.3, -0.25) is 4.79 Å². The number of carboxylic acid groups (broad SMARTS) is 1. The first-order valence-corrected chi connectivity index (χ1v) is 4.98. The molecule has 15 heavy (non-hydrogen) atoms. The summed E-state index contributed by atoms with van der Waals surface area (Å²) >= 11 is 5.12. The number of H-pyrrole nitrogens is 1. The smallest absolute Gasteiger partial charge is 0.305 e. The SMILES string of the molecule is O=C(O)CCn1c(=S)[nH]c2ccccc21. The van der Waals surface area contributed by atoms with Crippen molar-refractivity contribution in [2.75, 3.05) is 0 Å². The van der Waals surface area contributed by atoms with Gasteiger partial charge in [0.2, 0.25) is 0 Å². The standard InChI is InChI=1S/C10H10N2O2S/c13-9(14)5-6-12-8-4-2-1-3-7(8)11-10(12)15/h1-4H,5-6H2,(H,11,15)(H,13,14). The molecule has 1 aromatic carbocycles. The number of aryl methyl sites for hydroxylation is 1. The van der Waals surface area contributed by atoms with Crippen LogP contribution in [0.2, 0.25) is 0 Å². The highest BCUT2D eigenvalue weighted by molar-refractivity contribution is 7.71. The molecule has 1 aromatic heterocycles. The Bertz CT molecular complexity index is 556. The average molecular weight is 222 g/mol. The first-order chi connectivity index (χ1) is 7.18. The Morgan fingerprint density at radius 2 is 2.20 bits per heavy atom. The molecular formula is C10H10N2O2S. The lowest BCUT2D eigenvalue weighted by molar-refractivity contribution is -0.137. The molecule has 0 saturated heterocycles. The van der Waals surface area contributed by atoms with Gasteiger partial charge in [0.1, 0.15) is 0 Å². The van der Waals surface area contributed by atoms with Crippen molar-refractivity contribution in [3.63, 3.8) is 0 Å². The van der Waals surface area contributed by atoms with Gasteiger partial charge in [-0.1, -0.05) is 12.1 Å². The maximum Gasteiger partial charge on any atom is 0.305 e. The van der Waals surface area contributed by atoms with Crippen LogP contribution in [-0.2, 0) is 11.3 Å². The number of fused-ring (bicyclic) bond motifs is 1. The van der Waals surface area contributed by atoms with Gasteiger partial charge >= 0.3 is 5.97 Å². The van der Waals surface area contributed by atoms with E-state index in [1.807, 2.05) is 24.3 Å². The Morgan fingerprint density at radius 1 is 1.47 bits per heavy atom. The number of para-hydroxylation sites is 2. The fourth-order valence-corrected chi connectivity index (χ4v) is 1.84. The molecule has 0 amide bonds. The molecule has 0 aliphatic rings. The van der Waals surface area contributed by atoms with Gasteiger partial charge in [-0.05, 0) is 24.4 Å². The summed E-state index contributed by atoms with van der Waals surface area (Å²) < 4.78 is 2.37. The summed E-state index contributed by atoms with van der Waals surface area (Å²) in [4.78, 5) is 13.5. The van der Waals surface area contributed by atoms with Crippen LogP contribution in [0.25, 0.3) is 11.0 Å². The number of hydrogen-bond acceptors (Lipinski definition) is 2. The third kappa shape index (κ3) is 1.92. The summed E-state index contributed by atoms with van der Waals surface area (Å²) in [5, 5.41) is 8.62. The lowest BCUT2D eigenvalue weighted by Crippen LogP contribution is -2.04. The molecule has 4 nitrogen and oxygen atoms in total. The predicted molar refractivity (Wildman–Crippen MR) is 59.4 cm³/mol. The van der Waals surface area contributed by atoms with Gasteiger partial charge in [0, 0.05) is 6.54 Å². The van der Waals surface area contributed by atoms with Gasteiger partial charge in [-0.15, -0.1) is 0 Å². The van der Waals surface area contributed by atoms with Crippen LogP contribution in [0.15, 0.2) is 24.3 Å². The third-order valence-corrected chi connectivity index (χ3v) is 2.55. The van der Waals surface area contributed by atoms with Crippen LogP contribution in [0.5, 0.6) is 0 Å². The second-order valence-electron chi connectivity index (χ2n) is 3.24. The summed E-state index contributed by atoms with van der Waals surface area (Å²) in [5.74, 6) is -0.817. The summed E-state index contributed by atoms with van der Waals surface area (Å²) in [6, 6.07) is 7.66. The molecule has 2 aromatic rings. The molecule has 2 rings (SSSR count). The van der Waals surface area contributed by atoms with E-state index in [2.05, 4.69) is 4.98 Å². The van der Waals surface area contributed by atoms with Crippen LogP contribution in [0, 0.1) is 4.77 Å². The summed E-state index contributed by atoms with van der Waals surface area (Å²) in [6.45, 7) is 0.401. The number of nitrogens with one attached hydrogen (secondary N) is 1. The van der Waals surface area contributed by atoms with Crippen LogP contribution in [0.3, 0.4) is 0 Å². The number of carbonyl (C=O) groups is 1. The Morgan fingerprint density at radius 3 is 2.93 bits per heavy atom. The van der Waals surface area contributed by atoms with Gasteiger partial charge in [0.25, 0.3) is 0 Å². The minimum atomic E-state index is -0.817. The van der Waals surface area contributed by atoms with E-state index in [1.54, 1.807) is 4.57 Å². The molecular weight excluding hydrogens is 212 g/mol. The van der Waals surface area contributed by atoms with Crippen molar-refractivity contribution >= 4 is 29.2 Å². The van der Waals surface area contributed by atoms with E-state index in [0.29, 0.717) is 11.3 Å². The van der Waals surface area contributed by atoms with E-state index in [9.17, 15) is 4.79 Å². The van der Waals surface area contributed by atoms with Crippen LogP contribution >= 0.6 is 12.2 Å². The van der Waals surface area contributed by atoms with E-state index in [4.69, 9.17) is 17.3 Å². The van der Waals surface area contributed by atoms with E-state index >= 15 is 0 Å². The van der Waals surface area contributed by atoms with E-state index < -0.39 is 5.97 Å². The minimum absolute atomic E-state index is 0.0795. The number of nitrogens with zero attached hydrogens (tertiary/aromatic N) is 1. The fourth-order valence-electron chi connectivity index (χ4n) is 1.54. The van der Waals surface area contributed by atoms with Gasteiger partial charge in [-0.25, -0.2) is 0 Å². The summed E-state index contributed by atoms with van der Waals surface area (Å²) in [7, 11) is 0. The van der Waals surface area contributed by atoms with Crippen LogP contribution in [0.1, 0.15) is 6.42 Å². The fraction of sp³-hybridized carbons (Fsp3) is 0.200. The van der Waals surface area contributed by atoms with Crippen LogP contribution in [0.4, 0.5) is 0 Å². The molecule has 0 spiro atoms. The topological polar surface area (TPSA) is 58.0 Å². The van der Waals surface area contributed by atoms with E-state index in [0.717, 1.165) is 11.0 Å². The predicted octanol–water partition coefficient (Wildman–Crippen LogP) is 2.17. The molecule has 0 fully saturated rings. The van der Waals surface area contributed by atoms with Crippen molar-refractivity contribution in [2.45, 2.75) is 13.0 Å². The molecule has 0 aliphatic heterocycles. The molecule has 0 radical (unpaired) electrons. The van der Waals surface area contributed by atoms with Crippen molar-refractivity contribution in [1.29, 1.82) is 0 Å². The second kappa shape index (κ2) is 3.86. The first-order valence-electron chi connectivity index (χ1n) is 4.58. The Balaban J connectivity index is 2.45. The summed E-state index contributed by atoms with van der Waals surface area (Å²) in [5.41, 5.74) is 1.89. The highest BCUT2D eigenvalue weighted by Gasteiger charge is 2.04. The van der Waals surface area contributed by atoms with Crippen LogP contribution in [-0.4, -0.2) is 20.6 Å². The van der Waals surface area contributed by atoms with Gasteiger partial charge < -0.3 is 14.7 Å². The zero-order valence-electron chi connectivity index (χ0n) is 7.93. The van der Waals surface area contributed by atoms with Crippen molar-refractivity contribution in [3.05, 3.63) is 29.0 Å². The molecule has 0 bridgehead atoms. The number of hydrogen-bond donors (Lipinski definition) is 2. The monoisotopic (exact) mass is 222 g/mol. The van der Waals surface area contributed by atoms with Gasteiger partial charge in [0.15, 0.2) is 4.77 Å². The number of aromatic amines is 1. The number of rotatable bonds is 3. The number of benzene rings is 1. The van der Waals surface area contributed by atoms with Crippen molar-refractivity contribution in [3.8, 4) is 0 Å². The average Bonchev–Trinajstić information content (AvgIpc) is 2.50. The summed E-state index contributed by atoms with van der Waals surface area (Å²) in [6.07, 6.45) is 0.0795. The zero-order chi connectivity index (χ0) is 10.8. The zero-order valence-corrected chi connectivity index (χ0v) is 8.75. The largest absolute Gasteiger partial charge is 0.481 e. The Kier molecular flexibility index (Phi) is 2.55. The van der Waals surface area contributed by atoms with Gasteiger partial charge in [0.05, 0.1) is 17.5 Å². The minimum Gasteiger partial charge on any atom is -0.481 e.